The van der Waals surface area contributed by atoms with E-state index in [1.165, 1.54) is 0 Å². The van der Waals surface area contributed by atoms with Crippen molar-refractivity contribution in [3.63, 3.8) is 0 Å². The predicted octanol–water partition coefficient (Wildman–Crippen LogP) is -0.788. The molecule has 7 nitrogen and oxygen atoms in total. The lowest BCUT2D eigenvalue weighted by Crippen LogP contribution is -2.21. The third kappa shape index (κ3) is 3.13. The van der Waals surface area contributed by atoms with Crippen LogP contribution < -0.4 is 27.3 Å². The van der Waals surface area contributed by atoms with Gasteiger partial charge in [0.2, 0.25) is 11.8 Å². The van der Waals surface area contributed by atoms with Crippen molar-refractivity contribution in [1.82, 2.24) is 15.3 Å². The highest BCUT2D eigenvalue weighted by Gasteiger charge is 2.08. The van der Waals surface area contributed by atoms with E-state index in [2.05, 4.69) is 15.3 Å². The minimum absolute atomic E-state index is 0.0557. The normalized spacial score (nSPS) is 10.2. The summed E-state index contributed by atoms with van der Waals surface area (Å²) < 4.78 is 5.30. The Kier molecular flexibility index (Phi) is 3.92. The van der Waals surface area contributed by atoms with Crippen LogP contribution >= 0.6 is 0 Å². The molecule has 7 N–H and O–H groups in total. The van der Waals surface area contributed by atoms with Crippen LogP contribution in [0.5, 0.6) is 5.88 Å². The minimum Gasteiger partial charge on any atom is -0.475 e. The van der Waals surface area contributed by atoms with Gasteiger partial charge in [0.1, 0.15) is 12.3 Å². The second-order valence-electron chi connectivity index (χ2n) is 2.89. The molecule has 1 heterocycles. The van der Waals surface area contributed by atoms with E-state index in [-0.39, 0.29) is 23.3 Å². The Hall–Kier alpha value is -1.76. The maximum atomic E-state index is 5.62. The molecule has 1 rings (SSSR count). The van der Waals surface area contributed by atoms with Crippen molar-refractivity contribution in [3.8, 4) is 5.88 Å². The first-order valence-corrected chi connectivity index (χ1v) is 4.67. The van der Waals surface area contributed by atoms with Crippen LogP contribution in [0.4, 0.5) is 17.5 Å². The molecule has 84 valence electrons. The van der Waals surface area contributed by atoms with E-state index >= 15 is 0 Å². The summed E-state index contributed by atoms with van der Waals surface area (Å²) in [6.07, 6.45) is 0. The molecule has 0 aromatic carbocycles. The van der Waals surface area contributed by atoms with Gasteiger partial charge >= 0.3 is 0 Å². The van der Waals surface area contributed by atoms with E-state index in [9.17, 15) is 0 Å². The average Bonchev–Trinajstić information content (AvgIpc) is 2.19. The highest BCUT2D eigenvalue weighted by Crippen LogP contribution is 2.23. The topological polar surface area (TPSA) is 125 Å². The summed E-state index contributed by atoms with van der Waals surface area (Å²) in [6.45, 7) is 4.05. The van der Waals surface area contributed by atoms with Crippen LogP contribution in [0.15, 0.2) is 0 Å². The van der Waals surface area contributed by atoms with Crippen LogP contribution in [0.3, 0.4) is 0 Å². The van der Waals surface area contributed by atoms with Crippen molar-refractivity contribution < 1.29 is 4.74 Å². The molecule has 0 radical (unpaired) electrons. The van der Waals surface area contributed by atoms with Crippen LogP contribution in [0.25, 0.3) is 0 Å². The largest absolute Gasteiger partial charge is 0.475 e. The molecule has 0 spiro atoms. The summed E-state index contributed by atoms with van der Waals surface area (Å²) in [4.78, 5) is 7.54. The number of anilines is 3. The standard InChI is InChI=1S/C8H16N6O/c1-2-12-3-4-15-7-5(9)6(10)13-8(11)14-7/h12H,2-4,9H2,1H3,(H4,10,11,13,14). The highest BCUT2D eigenvalue weighted by atomic mass is 16.5. The zero-order valence-corrected chi connectivity index (χ0v) is 8.66. The van der Waals surface area contributed by atoms with E-state index < -0.39 is 0 Å². The molecular formula is C8H16N6O. The van der Waals surface area contributed by atoms with Gasteiger partial charge in [0.15, 0.2) is 5.82 Å². The van der Waals surface area contributed by atoms with Gasteiger partial charge in [-0.1, -0.05) is 6.92 Å². The van der Waals surface area contributed by atoms with Crippen molar-refractivity contribution in [1.29, 1.82) is 0 Å². The summed E-state index contributed by atoms with van der Waals surface area (Å²) in [5.41, 5.74) is 16.7. The Labute approximate surface area is 88.0 Å². The molecule has 1 aromatic heterocycles. The van der Waals surface area contributed by atoms with Crippen LogP contribution in [0.1, 0.15) is 6.92 Å². The lowest BCUT2D eigenvalue weighted by atomic mass is 10.4. The van der Waals surface area contributed by atoms with Gasteiger partial charge in [-0.05, 0) is 6.54 Å². The third-order valence-corrected chi connectivity index (χ3v) is 1.73. The van der Waals surface area contributed by atoms with Crippen molar-refractivity contribution >= 4 is 17.5 Å². The Morgan fingerprint density at radius 2 is 2.00 bits per heavy atom. The highest BCUT2D eigenvalue weighted by molar-refractivity contribution is 5.65. The molecule has 0 saturated heterocycles. The first kappa shape index (κ1) is 11.3. The summed E-state index contributed by atoms with van der Waals surface area (Å²) in [6, 6.07) is 0. The summed E-state index contributed by atoms with van der Waals surface area (Å²) in [5, 5.41) is 3.10. The first-order chi connectivity index (χ1) is 7.15. The fourth-order valence-electron chi connectivity index (χ4n) is 0.989. The Balaban J connectivity index is 2.60. The van der Waals surface area contributed by atoms with Crippen LogP contribution in [-0.4, -0.2) is 29.7 Å². The number of nitrogen functional groups attached to an aromatic ring is 3. The molecule has 0 fully saturated rings. The lowest BCUT2D eigenvalue weighted by molar-refractivity contribution is 0.305. The fraction of sp³-hybridized carbons (Fsp3) is 0.500. The molecule has 0 aliphatic rings. The zero-order chi connectivity index (χ0) is 11.3. The number of hydrogen-bond acceptors (Lipinski definition) is 7. The molecule has 0 atom stereocenters. The molecular weight excluding hydrogens is 196 g/mol. The van der Waals surface area contributed by atoms with E-state index in [0.717, 1.165) is 6.54 Å². The van der Waals surface area contributed by atoms with Crippen LogP contribution in [-0.2, 0) is 0 Å². The Morgan fingerprint density at radius 1 is 1.27 bits per heavy atom. The SMILES string of the molecule is CCNCCOc1nc(N)nc(N)c1N. The smallest absolute Gasteiger partial charge is 0.244 e. The van der Waals surface area contributed by atoms with Gasteiger partial charge in [-0.2, -0.15) is 9.97 Å². The zero-order valence-electron chi connectivity index (χ0n) is 8.66. The monoisotopic (exact) mass is 212 g/mol. The van der Waals surface area contributed by atoms with Gasteiger partial charge in [0, 0.05) is 6.54 Å². The maximum Gasteiger partial charge on any atom is 0.244 e. The Bertz CT molecular complexity index is 329. The fourth-order valence-corrected chi connectivity index (χ4v) is 0.989. The van der Waals surface area contributed by atoms with Crippen molar-refractivity contribution in [2.75, 3.05) is 36.9 Å². The lowest BCUT2D eigenvalue weighted by Gasteiger charge is -2.09. The van der Waals surface area contributed by atoms with Gasteiger partial charge in [-0.25, -0.2) is 0 Å². The quantitative estimate of drug-likeness (QED) is 0.471. The van der Waals surface area contributed by atoms with E-state index in [0.29, 0.717) is 13.2 Å². The van der Waals surface area contributed by atoms with Gasteiger partial charge in [-0.3, -0.25) is 0 Å². The molecule has 15 heavy (non-hydrogen) atoms. The van der Waals surface area contributed by atoms with E-state index in [1.54, 1.807) is 0 Å². The number of nitrogens with one attached hydrogen (secondary N) is 1. The van der Waals surface area contributed by atoms with Crippen molar-refractivity contribution in [2.45, 2.75) is 6.92 Å². The number of rotatable bonds is 5. The Morgan fingerprint density at radius 3 is 2.67 bits per heavy atom. The summed E-state index contributed by atoms with van der Waals surface area (Å²) in [7, 11) is 0. The third-order valence-electron chi connectivity index (χ3n) is 1.73. The van der Waals surface area contributed by atoms with E-state index in [4.69, 9.17) is 21.9 Å². The van der Waals surface area contributed by atoms with Crippen molar-refractivity contribution in [3.05, 3.63) is 0 Å². The molecule has 0 bridgehead atoms. The molecule has 0 unspecified atom stereocenters. The molecule has 0 aliphatic carbocycles. The second-order valence-corrected chi connectivity index (χ2v) is 2.89. The van der Waals surface area contributed by atoms with E-state index in [1.807, 2.05) is 6.92 Å². The summed E-state index contributed by atoms with van der Waals surface area (Å²) >= 11 is 0. The van der Waals surface area contributed by atoms with Crippen LogP contribution in [0, 0.1) is 0 Å². The number of hydrogen-bond donors (Lipinski definition) is 4. The molecule has 7 heteroatoms. The molecule has 0 aliphatic heterocycles. The summed E-state index contributed by atoms with van der Waals surface area (Å²) in [5.74, 6) is 0.430. The van der Waals surface area contributed by atoms with Gasteiger partial charge < -0.3 is 27.3 Å². The predicted molar refractivity (Wildman–Crippen MR) is 59.3 cm³/mol. The van der Waals surface area contributed by atoms with Crippen molar-refractivity contribution in [2.24, 2.45) is 0 Å². The number of aromatic nitrogens is 2. The second kappa shape index (κ2) is 5.20. The van der Waals surface area contributed by atoms with Gasteiger partial charge in [0.05, 0.1) is 0 Å². The number of nitrogens with zero attached hydrogens (tertiary/aromatic N) is 2. The number of nitrogens with two attached hydrogens (primary N) is 3. The molecule has 0 amide bonds. The van der Waals surface area contributed by atoms with Gasteiger partial charge in [0.25, 0.3) is 0 Å². The average molecular weight is 212 g/mol. The minimum atomic E-state index is 0.0557. The van der Waals surface area contributed by atoms with Gasteiger partial charge in [-0.15, -0.1) is 0 Å². The number of likely N-dealkylation sites (N-methyl/N-ethyl adjacent to an activating group) is 1. The molecule has 1 aromatic rings. The first-order valence-electron chi connectivity index (χ1n) is 4.67. The number of ether oxygens (including phenoxy) is 1. The molecule has 0 saturated carbocycles. The maximum absolute atomic E-state index is 5.62. The van der Waals surface area contributed by atoms with Crippen LogP contribution in [0.2, 0.25) is 0 Å².